The molecule has 0 aliphatic carbocycles. The predicted molar refractivity (Wildman–Crippen MR) is 93.2 cm³/mol. The molecule has 0 aromatic carbocycles. The number of anilines is 1. The van der Waals surface area contributed by atoms with Crippen LogP contribution in [-0.4, -0.2) is 32.0 Å². The van der Waals surface area contributed by atoms with Crippen molar-refractivity contribution in [1.82, 2.24) is 14.4 Å². The van der Waals surface area contributed by atoms with Gasteiger partial charge in [0, 0.05) is 24.9 Å². The summed E-state index contributed by atoms with van der Waals surface area (Å²) in [7, 11) is 0. The molecular formula is C18H20N4O2. The van der Waals surface area contributed by atoms with Crippen molar-refractivity contribution in [2.45, 2.75) is 26.2 Å². The number of hydrogen-bond acceptors (Lipinski definition) is 4. The fourth-order valence-corrected chi connectivity index (χ4v) is 2.73. The fraction of sp³-hybridized carbons (Fsp3) is 0.278. The zero-order valence-corrected chi connectivity index (χ0v) is 13.6. The highest BCUT2D eigenvalue weighted by molar-refractivity contribution is 5.74. The predicted octanol–water partition coefficient (Wildman–Crippen LogP) is 3.24. The number of imidazole rings is 1. The van der Waals surface area contributed by atoms with Crippen LogP contribution in [0.4, 0.5) is 5.82 Å². The third-order valence-electron chi connectivity index (χ3n) is 3.85. The van der Waals surface area contributed by atoms with E-state index in [1.807, 2.05) is 30.3 Å². The average molecular weight is 324 g/mol. The maximum Gasteiger partial charge on any atom is 0.303 e. The number of carboxylic acid groups (broad SMARTS) is 1. The number of fused-ring (bicyclic) bond motifs is 1. The summed E-state index contributed by atoms with van der Waals surface area (Å²) < 4.78 is 2.09. The third kappa shape index (κ3) is 3.22. The van der Waals surface area contributed by atoms with Crippen LogP contribution in [0.15, 0.2) is 42.6 Å². The highest BCUT2D eigenvalue weighted by atomic mass is 16.4. The molecule has 124 valence electrons. The number of aryl methyl sites for hydroxylation is 1. The smallest absolute Gasteiger partial charge is 0.303 e. The first-order valence-electron chi connectivity index (χ1n) is 8.08. The van der Waals surface area contributed by atoms with Gasteiger partial charge in [-0.05, 0) is 37.1 Å². The molecule has 0 fully saturated rings. The molecule has 0 unspecified atom stereocenters. The van der Waals surface area contributed by atoms with E-state index in [2.05, 4.69) is 27.7 Å². The van der Waals surface area contributed by atoms with Crippen LogP contribution in [-0.2, 0) is 11.2 Å². The maximum atomic E-state index is 10.7. The summed E-state index contributed by atoms with van der Waals surface area (Å²) >= 11 is 0. The van der Waals surface area contributed by atoms with Crippen molar-refractivity contribution in [2.75, 3.05) is 11.9 Å². The van der Waals surface area contributed by atoms with Crippen molar-refractivity contribution < 1.29 is 9.90 Å². The molecule has 0 saturated carbocycles. The number of aliphatic carboxylic acids is 1. The van der Waals surface area contributed by atoms with Gasteiger partial charge in [-0.25, -0.2) is 4.98 Å². The van der Waals surface area contributed by atoms with Gasteiger partial charge < -0.3 is 10.4 Å². The topological polar surface area (TPSA) is 79.5 Å². The standard InChI is InChI=1S/C18H20N4O2/c1-2-13-7-5-9-15-21-17(14-8-3-4-11-19-14)18(22(13)15)20-12-6-10-16(23)24/h3-5,7-9,11,20H,2,6,10,12H2,1H3,(H,23,24). The fourth-order valence-electron chi connectivity index (χ4n) is 2.73. The van der Waals surface area contributed by atoms with Crippen molar-refractivity contribution in [3.63, 3.8) is 0 Å². The normalized spacial score (nSPS) is 10.9. The second-order valence-electron chi connectivity index (χ2n) is 5.51. The number of carbonyl (C=O) groups is 1. The molecule has 2 N–H and O–H groups in total. The summed E-state index contributed by atoms with van der Waals surface area (Å²) in [5.74, 6) is 0.0840. The number of rotatable bonds is 7. The van der Waals surface area contributed by atoms with Crippen molar-refractivity contribution in [3.8, 4) is 11.4 Å². The van der Waals surface area contributed by atoms with E-state index in [-0.39, 0.29) is 6.42 Å². The summed E-state index contributed by atoms with van der Waals surface area (Å²) in [4.78, 5) is 19.8. The molecule has 0 atom stereocenters. The van der Waals surface area contributed by atoms with Crippen LogP contribution in [0.5, 0.6) is 0 Å². The minimum Gasteiger partial charge on any atom is -0.481 e. The Kier molecular flexibility index (Phi) is 4.74. The van der Waals surface area contributed by atoms with Crippen molar-refractivity contribution in [3.05, 3.63) is 48.3 Å². The lowest BCUT2D eigenvalue weighted by atomic mass is 10.2. The van der Waals surface area contributed by atoms with Gasteiger partial charge in [0.2, 0.25) is 0 Å². The lowest BCUT2D eigenvalue weighted by Crippen LogP contribution is -2.09. The second kappa shape index (κ2) is 7.12. The van der Waals surface area contributed by atoms with E-state index in [9.17, 15) is 4.79 Å². The molecule has 0 radical (unpaired) electrons. The molecule has 24 heavy (non-hydrogen) atoms. The number of hydrogen-bond donors (Lipinski definition) is 2. The molecule has 0 amide bonds. The minimum atomic E-state index is -0.783. The molecule has 0 spiro atoms. The van der Waals surface area contributed by atoms with E-state index in [0.717, 1.165) is 35.0 Å². The quantitative estimate of drug-likeness (QED) is 0.652. The van der Waals surface area contributed by atoms with Gasteiger partial charge in [0.25, 0.3) is 0 Å². The van der Waals surface area contributed by atoms with Gasteiger partial charge in [0.15, 0.2) is 0 Å². The van der Waals surface area contributed by atoms with Crippen LogP contribution < -0.4 is 5.32 Å². The van der Waals surface area contributed by atoms with E-state index in [4.69, 9.17) is 10.1 Å². The summed E-state index contributed by atoms with van der Waals surface area (Å²) in [5, 5.41) is 12.2. The SMILES string of the molecule is CCc1cccc2nc(-c3ccccn3)c(NCCCC(=O)O)n12. The zero-order valence-electron chi connectivity index (χ0n) is 13.6. The molecule has 0 saturated heterocycles. The number of aromatic nitrogens is 3. The Labute approximate surface area is 140 Å². The zero-order chi connectivity index (χ0) is 16.9. The maximum absolute atomic E-state index is 10.7. The molecule has 6 nitrogen and oxygen atoms in total. The molecule has 0 aliphatic rings. The van der Waals surface area contributed by atoms with Crippen molar-refractivity contribution in [1.29, 1.82) is 0 Å². The molecule has 6 heteroatoms. The van der Waals surface area contributed by atoms with E-state index in [1.165, 1.54) is 0 Å². The number of pyridine rings is 2. The Balaban J connectivity index is 2.03. The molecule has 3 rings (SSSR count). The van der Waals surface area contributed by atoms with Gasteiger partial charge in [0.05, 0.1) is 5.69 Å². The monoisotopic (exact) mass is 324 g/mol. The van der Waals surface area contributed by atoms with Crippen LogP contribution in [0.2, 0.25) is 0 Å². The van der Waals surface area contributed by atoms with Gasteiger partial charge in [0.1, 0.15) is 17.2 Å². The Morgan fingerprint density at radius 1 is 1.25 bits per heavy atom. The van der Waals surface area contributed by atoms with Crippen molar-refractivity contribution in [2.24, 2.45) is 0 Å². The Hall–Kier alpha value is -2.89. The summed E-state index contributed by atoms with van der Waals surface area (Å²) in [6, 6.07) is 11.8. The van der Waals surface area contributed by atoms with E-state index in [0.29, 0.717) is 13.0 Å². The van der Waals surface area contributed by atoms with Gasteiger partial charge in [-0.1, -0.05) is 19.1 Å². The minimum absolute atomic E-state index is 0.142. The van der Waals surface area contributed by atoms with Crippen molar-refractivity contribution >= 4 is 17.4 Å². The number of nitrogens with zero attached hydrogens (tertiary/aromatic N) is 3. The van der Waals surface area contributed by atoms with Gasteiger partial charge in [-0.3, -0.25) is 14.2 Å². The van der Waals surface area contributed by atoms with Crippen LogP contribution in [0.3, 0.4) is 0 Å². The number of carboxylic acids is 1. The molecule has 3 aromatic rings. The van der Waals surface area contributed by atoms with Gasteiger partial charge in [-0.2, -0.15) is 0 Å². The Morgan fingerprint density at radius 2 is 2.12 bits per heavy atom. The first kappa shape index (κ1) is 16.0. The van der Waals surface area contributed by atoms with Crippen LogP contribution in [0.1, 0.15) is 25.5 Å². The average Bonchev–Trinajstić information content (AvgIpc) is 2.98. The molecular weight excluding hydrogens is 304 g/mol. The summed E-state index contributed by atoms with van der Waals surface area (Å²) in [6.07, 6.45) is 3.31. The summed E-state index contributed by atoms with van der Waals surface area (Å²) in [6.45, 7) is 2.67. The van der Waals surface area contributed by atoms with E-state index < -0.39 is 5.97 Å². The first-order valence-corrected chi connectivity index (χ1v) is 8.08. The van der Waals surface area contributed by atoms with E-state index in [1.54, 1.807) is 6.20 Å². The second-order valence-corrected chi connectivity index (χ2v) is 5.51. The van der Waals surface area contributed by atoms with Crippen LogP contribution in [0, 0.1) is 0 Å². The molecule has 3 aromatic heterocycles. The highest BCUT2D eigenvalue weighted by Gasteiger charge is 2.16. The van der Waals surface area contributed by atoms with Gasteiger partial charge >= 0.3 is 5.97 Å². The Bertz CT molecular complexity index is 843. The van der Waals surface area contributed by atoms with Crippen LogP contribution in [0.25, 0.3) is 17.0 Å². The molecule has 0 bridgehead atoms. The lowest BCUT2D eigenvalue weighted by Gasteiger charge is -2.11. The third-order valence-corrected chi connectivity index (χ3v) is 3.85. The number of nitrogens with one attached hydrogen (secondary N) is 1. The largest absolute Gasteiger partial charge is 0.481 e. The molecule has 3 heterocycles. The van der Waals surface area contributed by atoms with Gasteiger partial charge in [-0.15, -0.1) is 0 Å². The summed E-state index contributed by atoms with van der Waals surface area (Å²) in [5.41, 5.74) is 3.58. The van der Waals surface area contributed by atoms with E-state index >= 15 is 0 Å². The first-order chi connectivity index (χ1) is 11.7. The molecule has 0 aliphatic heterocycles. The Morgan fingerprint density at radius 3 is 2.83 bits per heavy atom. The lowest BCUT2D eigenvalue weighted by molar-refractivity contribution is -0.137. The van der Waals surface area contributed by atoms with Crippen LogP contribution >= 0.6 is 0 Å². The highest BCUT2D eigenvalue weighted by Crippen LogP contribution is 2.28.